The van der Waals surface area contributed by atoms with E-state index in [0.29, 0.717) is 78.3 Å². The van der Waals surface area contributed by atoms with Crippen LogP contribution in [0.2, 0.25) is 0 Å². The number of aliphatic carboxylic acids is 2. The molecular formula is C28H52N4O8. The first kappa shape index (κ1) is 35.7. The molecule has 0 spiro atoms. The minimum absolute atomic E-state index is 0.0834. The predicted octanol–water partition coefficient (Wildman–Crippen LogP) is 1.62. The Labute approximate surface area is 239 Å². The third-order valence-corrected chi connectivity index (χ3v) is 6.21. The zero-order valence-corrected chi connectivity index (χ0v) is 25.4. The van der Waals surface area contributed by atoms with Crippen LogP contribution in [0.5, 0.6) is 0 Å². The molecule has 1 aliphatic heterocycles. The second-order valence-corrected chi connectivity index (χ2v) is 12.4. The number of carboxylic acids is 2. The molecule has 1 saturated heterocycles. The molecule has 0 aliphatic carbocycles. The van der Waals surface area contributed by atoms with E-state index in [9.17, 15) is 19.2 Å². The average molecular weight is 573 g/mol. The van der Waals surface area contributed by atoms with Gasteiger partial charge >= 0.3 is 23.9 Å². The Balaban J connectivity index is 3.06. The quantitative estimate of drug-likeness (QED) is 0.328. The number of carbonyl (C=O) groups is 4. The van der Waals surface area contributed by atoms with Gasteiger partial charge in [0.05, 0.1) is 13.1 Å². The van der Waals surface area contributed by atoms with Crippen LogP contribution in [0.15, 0.2) is 0 Å². The smallest absolute Gasteiger partial charge is 0.320 e. The molecule has 1 aliphatic rings. The molecule has 1 heterocycles. The molecular weight excluding hydrogens is 520 g/mol. The predicted molar refractivity (Wildman–Crippen MR) is 151 cm³/mol. The molecule has 0 unspecified atom stereocenters. The van der Waals surface area contributed by atoms with Gasteiger partial charge in [0.2, 0.25) is 0 Å². The first-order valence-corrected chi connectivity index (χ1v) is 14.3. The van der Waals surface area contributed by atoms with Crippen LogP contribution < -0.4 is 0 Å². The summed E-state index contributed by atoms with van der Waals surface area (Å²) >= 11 is 0. The Morgan fingerprint density at radius 3 is 1.07 bits per heavy atom. The van der Waals surface area contributed by atoms with Crippen molar-refractivity contribution in [1.29, 1.82) is 0 Å². The average Bonchev–Trinajstić information content (AvgIpc) is 2.77. The van der Waals surface area contributed by atoms with Crippen LogP contribution in [-0.2, 0) is 28.7 Å². The summed E-state index contributed by atoms with van der Waals surface area (Å²) in [6.07, 6.45) is 1.20. The van der Waals surface area contributed by atoms with E-state index in [0.717, 1.165) is 0 Å². The van der Waals surface area contributed by atoms with Gasteiger partial charge in [-0.05, 0) is 67.5 Å². The highest BCUT2D eigenvalue weighted by Gasteiger charge is 2.24. The number of rotatable bonds is 12. The summed E-state index contributed by atoms with van der Waals surface area (Å²) in [4.78, 5) is 55.9. The summed E-state index contributed by atoms with van der Waals surface area (Å²) in [5.74, 6) is -2.30. The van der Waals surface area contributed by atoms with Crippen molar-refractivity contribution in [3.05, 3.63) is 0 Å². The van der Waals surface area contributed by atoms with Gasteiger partial charge in [0.25, 0.3) is 0 Å². The van der Waals surface area contributed by atoms with Crippen molar-refractivity contribution < 1.29 is 38.9 Å². The molecule has 0 atom stereocenters. The van der Waals surface area contributed by atoms with Gasteiger partial charge in [0.15, 0.2) is 0 Å². The molecule has 2 N–H and O–H groups in total. The lowest BCUT2D eigenvalue weighted by Crippen LogP contribution is -2.48. The molecule has 12 heteroatoms. The Morgan fingerprint density at radius 1 is 0.550 bits per heavy atom. The molecule has 1 fully saturated rings. The van der Waals surface area contributed by atoms with Crippen molar-refractivity contribution in [2.75, 3.05) is 78.5 Å². The molecule has 0 bridgehead atoms. The molecule has 1 rings (SSSR count). The van der Waals surface area contributed by atoms with Gasteiger partial charge in [-0.2, -0.15) is 0 Å². The highest BCUT2D eigenvalue weighted by atomic mass is 16.6. The number of nitrogens with zero attached hydrogens (tertiary/aromatic N) is 4. The van der Waals surface area contributed by atoms with E-state index in [-0.39, 0.29) is 37.9 Å². The second kappa shape index (κ2) is 17.5. The van der Waals surface area contributed by atoms with Crippen molar-refractivity contribution in [1.82, 2.24) is 19.6 Å². The highest BCUT2D eigenvalue weighted by molar-refractivity contribution is 5.72. The lowest BCUT2D eigenvalue weighted by atomic mass is 10.2. The van der Waals surface area contributed by atoms with Gasteiger partial charge in [-0.15, -0.1) is 0 Å². The largest absolute Gasteiger partial charge is 0.481 e. The van der Waals surface area contributed by atoms with E-state index in [2.05, 4.69) is 9.80 Å². The Kier molecular flexibility index (Phi) is 15.7. The van der Waals surface area contributed by atoms with Crippen LogP contribution in [0.3, 0.4) is 0 Å². The van der Waals surface area contributed by atoms with Crippen molar-refractivity contribution in [2.45, 2.75) is 78.4 Å². The molecule has 0 aromatic carbocycles. The molecule has 232 valence electrons. The Bertz CT molecular complexity index is 743. The Hall–Kier alpha value is -2.28. The highest BCUT2D eigenvalue weighted by Crippen LogP contribution is 2.10. The van der Waals surface area contributed by atoms with Crippen molar-refractivity contribution >= 4 is 23.9 Å². The van der Waals surface area contributed by atoms with Crippen molar-refractivity contribution in [2.24, 2.45) is 0 Å². The number of carboxylic acid groups (broad SMARTS) is 2. The van der Waals surface area contributed by atoms with Crippen LogP contribution in [0, 0.1) is 0 Å². The number of esters is 2. The standard InChI is InChI=1S/C28H52N4O8/c1-27(2,3)39-25(37)21-31-17-15-29(11-7-9-23(33)34)13-14-30(12-8-10-24(35)36)16-18-32(20-19-31)22-26(38)40-28(4,5)6/h7-22H2,1-6H3,(H,33,34)(H,35,36). The van der Waals surface area contributed by atoms with E-state index in [1.807, 2.05) is 51.3 Å². The van der Waals surface area contributed by atoms with Gasteiger partial charge in [-0.25, -0.2) is 0 Å². The summed E-state index contributed by atoms with van der Waals surface area (Å²) in [5, 5.41) is 18.2. The van der Waals surface area contributed by atoms with Crippen LogP contribution in [0.4, 0.5) is 0 Å². The third-order valence-electron chi connectivity index (χ3n) is 6.21. The summed E-state index contributed by atoms with van der Waals surface area (Å²) in [5.41, 5.74) is -1.20. The molecule has 0 radical (unpaired) electrons. The lowest BCUT2D eigenvalue weighted by molar-refractivity contribution is -0.158. The normalized spacial score (nSPS) is 17.9. The summed E-state index contributed by atoms with van der Waals surface area (Å²) in [6, 6.07) is 0. The minimum atomic E-state index is -0.832. The van der Waals surface area contributed by atoms with E-state index in [4.69, 9.17) is 19.7 Å². The van der Waals surface area contributed by atoms with Gasteiger partial charge in [-0.1, -0.05) is 0 Å². The Morgan fingerprint density at radius 2 is 0.825 bits per heavy atom. The second-order valence-electron chi connectivity index (χ2n) is 12.4. The van der Waals surface area contributed by atoms with Gasteiger partial charge < -0.3 is 29.5 Å². The maximum atomic E-state index is 12.7. The molecule has 0 aromatic heterocycles. The van der Waals surface area contributed by atoms with Crippen LogP contribution >= 0.6 is 0 Å². The fourth-order valence-corrected chi connectivity index (χ4v) is 4.36. The van der Waals surface area contributed by atoms with E-state index in [1.54, 1.807) is 0 Å². The maximum Gasteiger partial charge on any atom is 0.320 e. The molecule has 0 amide bonds. The molecule has 12 nitrogen and oxygen atoms in total. The molecule has 0 saturated carbocycles. The minimum Gasteiger partial charge on any atom is -0.481 e. The van der Waals surface area contributed by atoms with Crippen LogP contribution in [0.25, 0.3) is 0 Å². The topological polar surface area (TPSA) is 140 Å². The van der Waals surface area contributed by atoms with Crippen molar-refractivity contribution in [3.63, 3.8) is 0 Å². The summed E-state index contributed by atoms with van der Waals surface area (Å²) in [7, 11) is 0. The number of hydrogen-bond donors (Lipinski definition) is 2. The first-order valence-electron chi connectivity index (χ1n) is 14.3. The number of hydrogen-bond acceptors (Lipinski definition) is 10. The maximum absolute atomic E-state index is 12.7. The monoisotopic (exact) mass is 572 g/mol. The number of carbonyl (C=O) groups excluding carboxylic acids is 2. The third kappa shape index (κ3) is 18.9. The first-order chi connectivity index (χ1) is 18.5. The van der Waals surface area contributed by atoms with Gasteiger partial charge in [0, 0.05) is 65.2 Å². The lowest BCUT2D eigenvalue weighted by Gasteiger charge is -2.34. The summed E-state index contributed by atoms with van der Waals surface area (Å²) < 4.78 is 11.1. The van der Waals surface area contributed by atoms with Gasteiger partial charge in [-0.3, -0.25) is 29.0 Å². The van der Waals surface area contributed by atoms with Crippen molar-refractivity contribution in [3.8, 4) is 0 Å². The fourth-order valence-electron chi connectivity index (χ4n) is 4.36. The molecule has 40 heavy (non-hydrogen) atoms. The van der Waals surface area contributed by atoms with E-state index >= 15 is 0 Å². The zero-order chi connectivity index (χ0) is 30.3. The fraction of sp³-hybridized carbons (Fsp3) is 0.857. The van der Waals surface area contributed by atoms with Crippen LogP contribution in [-0.4, -0.2) is 143 Å². The van der Waals surface area contributed by atoms with E-state index < -0.39 is 23.1 Å². The van der Waals surface area contributed by atoms with Gasteiger partial charge in [0.1, 0.15) is 11.2 Å². The number of ether oxygens (including phenoxy) is 2. The SMILES string of the molecule is CC(C)(C)OC(=O)CN1CCN(CCCC(=O)O)CCN(CCCC(=O)O)CCN(CC(=O)OC(C)(C)C)CC1. The summed E-state index contributed by atoms with van der Waals surface area (Å²) in [6.45, 7) is 17.3. The zero-order valence-electron chi connectivity index (χ0n) is 25.4. The molecule has 0 aromatic rings. The van der Waals surface area contributed by atoms with E-state index in [1.165, 1.54) is 0 Å². The van der Waals surface area contributed by atoms with Crippen LogP contribution in [0.1, 0.15) is 67.2 Å².